The normalized spacial score (nSPS) is 17.0. The number of nitrogens with one attached hydrogen (secondary N) is 6. The first-order valence-corrected chi connectivity index (χ1v) is 26.0. The summed E-state index contributed by atoms with van der Waals surface area (Å²) in [6.45, 7) is 6.36. The fraction of sp³-hybridized carbons (Fsp3) is 0.464. The van der Waals surface area contributed by atoms with E-state index in [2.05, 4.69) is 31.9 Å². The van der Waals surface area contributed by atoms with Crippen molar-refractivity contribution < 1.29 is 90.0 Å². The lowest BCUT2D eigenvalue weighted by molar-refractivity contribution is -0.181. The zero-order chi connectivity index (χ0) is 59.4. The second-order valence-corrected chi connectivity index (χ2v) is 20.2. The molecule has 14 atom stereocenters. The van der Waals surface area contributed by atoms with Crippen LogP contribution in [0.1, 0.15) is 49.9 Å². The molecule has 0 aromatic heterocycles. The fourth-order valence-electron chi connectivity index (χ4n) is 8.52. The molecule has 0 saturated heterocycles. The number of aliphatic hydroxyl groups is 12. The molecule has 0 radical (unpaired) electrons. The highest BCUT2D eigenvalue weighted by molar-refractivity contribution is 5.94. The van der Waals surface area contributed by atoms with E-state index in [0.29, 0.717) is 22.3 Å². The number of hydrogen-bond donors (Lipinski definition) is 18. The lowest BCUT2D eigenvalue weighted by Crippen LogP contribution is -2.63. The van der Waals surface area contributed by atoms with Crippen molar-refractivity contribution in [3.8, 4) is 0 Å². The van der Waals surface area contributed by atoms with Gasteiger partial charge in [-0.1, -0.05) is 149 Å². The molecule has 24 nitrogen and oxygen atoms in total. The first kappa shape index (κ1) is 65.7. The van der Waals surface area contributed by atoms with Gasteiger partial charge >= 0.3 is 0 Å². The molecule has 24 heteroatoms. The van der Waals surface area contributed by atoms with Crippen LogP contribution in [0, 0.1) is 11.8 Å². The van der Waals surface area contributed by atoms with Gasteiger partial charge in [0.05, 0.1) is 12.1 Å². The summed E-state index contributed by atoms with van der Waals surface area (Å²) in [5.41, 5.74) is 2.17. The Balaban J connectivity index is 1.65. The summed E-state index contributed by atoms with van der Waals surface area (Å²) in [6.07, 6.45) is -24.0. The molecule has 0 bridgehead atoms. The van der Waals surface area contributed by atoms with Gasteiger partial charge in [0.25, 0.3) is 11.8 Å². The maximum atomic E-state index is 14.5. The van der Waals surface area contributed by atoms with Gasteiger partial charge in [0.2, 0.25) is 23.6 Å². The average Bonchev–Trinajstić information content (AvgIpc) is 3.45. The van der Waals surface area contributed by atoms with E-state index in [4.69, 9.17) is 0 Å². The lowest BCUT2D eigenvalue weighted by atomic mass is 9.90. The third-order valence-electron chi connectivity index (χ3n) is 13.2. The molecular formula is C56H76N6O18. The molecule has 0 aliphatic heterocycles. The second kappa shape index (κ2) is 31.9. The van der Waals surface area contributed by atoms with Gasteiger partial charge in [-0.15, -0.1) is 0 Å². The van der Waals surface area contributed by atoms with Crippen molar-refractivity contribution in [1.82, 2.24) is 31.9 Å². The summed E-state index contributed by atoms with van der Waals surface area (Å²) < 4.78 is 0. The molecule has 0 heterocycles. The molecule has 18 N–H and O–H groups in total. The standard InChI is InChI=1S/C56H76N6O18/c1-29(2)39(61-49(71)37(27-33-21-13-7-14-22-33)59-53(75)45(67)43(65)47(69)55(77)78)51(73)57-35(25-31-17-9-5-10-18-31)41(63)42(64)36(26-32-19-11-6-12-20-32)58-52(74)40(30(3)4)62-50(72)38(28-34-23-15-8-16-24-34)60-54(76)46(68)44(66)48(70)56(79)80/h5-24,29-30,35-48,55-56,63-70,77-80H,25-28H2,1-4H3,(H,57,73)(H,58,74)(H,59,75)(H,60,76)(H,61,71)(H,62,72)/t35-,36-,37-,38-,39-,40-,41+,42+,43+,44+,45-,46-,47+,48+/m0/s1. The Morgan fingerprint density at radius 1 is 0.312 bits per heavy atom. The first-order chi connectivity index (χ1) is 37.8. The quantitative estimate of drug-likeness (QED) is 0.0212. The molecule has 4 aromatic carbocycles. The minimum atomic E-state index is -2.54. The van der Waals surface area contributed by atoms with Crippen molar-refractivity contribution in [3.05, 3.63) is 144 Å². The minimum absolute atomic E-state index is 0.124. The maximum absolute atomic E-state index is 14.5. The largest absolute Gasteiger partial charge is 0.388 e. The van der Waals surface area contributed by atoms with E-state index < -0.39 is 145 Å². The van der Waals surface area contributed by atoms with Gasteiger partial charge in [-0.3, -0.25) is 28.8 Å². The van der Waals surface area contributed by atoms with Crippen LogP contribution < -0.4 is 31.9 Å². The number of rotatable bonds is 31. The smallest absolute Gasteiger partial charge is 0.252 e. The summed E-state index contributed by atoms with van der Waals surface area (Å²) >= 11 is 0. The van der Waals surface area contributed by atoms with E-state index in [1.54, 1.807) is 149 Å². The Labute approximate surface area is 462 Å². The molecular weight excluding hydrogens is 1040 g/mol. The Morgan fingerprint density at radius 2 is 0.575 bits per heavy atom. The molecule has 0 saturated carbocycles. The predicted molar refractivity (Wildman–Crippen MR) is 286 cm³/mol. The van der Waals surface area contributed by atoms with Gasteiger partial charge in [0.15, 0.2) is 24.8 Å². The molecule has 6 amide bonds. The predicted octanol–water partition coefficient (Wildman–Crippen LogP) is -4.31. The Kier molecular flexibility index (Phi) is 26.2. The van der Waals surface area contributed by atoms with E-state index in [9.17, 15) is 90.0 Å². The monoisotopic (exact) mass is 1120 g/mol. The Hall–Kier alpha value is -6.78. The topological polar surface area (TPSA) is 417 Å². The van der Waals surface area contributed by atoms with Crippen molar-refractivity contribution in [2.24, 2.45) is 11.8 Å². The average molecular weight is 1120 g/mol. The van der Waals surface area contributed by atoms with Crippen LogP contribution in [0.3, 0.4) is 0 Å². The highest BCUT2D eigenvalue weighted by Crippen LogP contribution is 2.18. The third kappa shape index (κ3) is 19.8. The number of hydrogen-bond acceptors (Lipinski definition) is 18. The molecule has 0 fully saturated rings. The SMILES string of the molecule is CC(C)[C@H](NC(=O)[C@H](Cc1ccccc1)NC(=O)[C@@H](O)[C@@H](O)[C@@H](O)C(O)O)C(=O)N[C@@H](Cc1ccccc1)[C@@H](O)[C@H](O)[C@H](Cc1ccccc1)NC(=O)[C@@H](NC(=O)[C@H](Cc1ccccc1)NC(=O)[C@@H](O)[C@@H](O)[C@@H](O)C(O)O)C(C)C. The molecule has 0 aliphatic rings. The molecule has 0 aliphatic carbocycles. The van der Waals surface area contributed by atoms with Crippen molar-refractivity contribution in [2.75, 3.05) is 0 Å². The van der Waals surface area contributed by atoms with Crippen LogP contribution in [0.25, 0.3) is 0 Å². The van der Waals surface area contributed by atoms with E-state index >= 15 is 0 Å². The van der Waals surface area contributed by atoms with Crippen LogP contribution in [0.15, 0.2) is 121 Å². The van der Waals surface area contributed by atoms with Crippen molar-refractivity contribution in [2.45, 2.75) is 151 Å². The Morgan fingerprint density at radius 3 is 0.825 bits per heavy atom. The van der Waals surface area contributed by atoms with Crippen molar-refractivity contribution >= 4 is 35.4 Å². The summed E-state index contributed by atoms with van der Waals surface area (Å²) in [5, 5.41) is 138. The van der Waals surface area contributed by atoms with Gasteiger partial charge in [-0.25, -0.2) is 0 Å². The second-order valence-electron chi connectivity index (χ2n) is 20.2. The van der Waals surface area contributed by atoms with Gasteiger partial charge in [0, 0.05) is 12.8 Å². The van der Waals surface area contributed by atoms with E-state index in [0.717, 1.165) is 0 Å². The first-order valence-electron chi connectivity index (χ1n) is 26.0. The zero-order valence-electron chi connectivity index (χ0n) is 44.6. The van der Waals surface area contributed by atoms with Gasteiger partial charge in [-0.2, -0.15) is 0 Å². The van der Waals surface area contributed by atoms with E-state index in [-0.39, 0.29) is 25.7 Å². The summed E-state index contributed by atoms with van der Waals surface area (Å²) in [5.74, 6) is -7.80. The number of amides is 6. The number of benzene rings is 4. The highest BCUT2D eigenvalue weighted by atomic mass is 16.5. The third-order valence-corrected chi connectivity index (χ3v) is 13.2. The van der Waals surface area contributed by atoms with Crippen molar-refractivity contribution in [3.63, 3.8) is 0 Å². The van der Waals surface area contributed by atoms with Crippen LogP contribution in [0.4, 0.5) is 0 Å². The zero-order valence-corrected chi connectivity index (χ0v) is 44.6. The molecule has 438 valence electrons. The molecule has 0 spiro atoms. The van der Waals surface area contributed by atoms with Crippen LogP contribution >= 0.6 is 0 Å². The summed E-state index contributed by atoms with van der Waals surface area (Å²) in [7, 11) is 0. The van der Waals surface area contributed by atoms with E-state index in [1.807, 2.05) is 0 Å². The molecule has 0 unspecified atom stereocenters. The van der Waals surface area contributed by atoms with Crippen molar-refractivity contribution in [1.29, 1.82) is 0 Å². The van der Waals surface area contributed by atoms with Crippen LogP contribution in [-0.4, -0.2) is 194 Å². The number of carbonyl (C=O) groups is 6. The van der Waals surface area contributed by atoms with Gasteiger partial charge < -0.3 is 93.2 Å². The van der Waals surface area contributed by atoms with E-state index in [1.165, 1.54) is 0 Å². The Bertz CT molecular complexity index is 2380. The highest BCUT2D eigenvalue weighted by Gasteiger charge is 2.41. The molecule has 4 rings (SSSR count). The fourth-order valence-corrected chi connectivity index (χ4v) is 8.52. The number of carbonyl (C=O) groups excluding carboxylic acids is 6. The molecule has 80 heavy (non-hydrogen) atoms. The number of aliphatic hydroxyl groups excluding tert-OH is 10. The lowest BCUT2D eigenvalue weighted by Gasteiger charge is -2.35. The maximum Gasteiger partial charge on any atom is 0.252 e. The minimum Gasteiger partial charge on any atom is -0.388 e. The van der Waals surface area contributed by atoms with Crippen LogP contribution in [0.5, 0.6) is 0 Å². The van der Waals surface area contributed by atoms with Crippen LogP contribution in [0.2, 0.25) is 0 Å². The summed E-state index contributed by atoms with van der Waals surface area (Å²) in [4.78, 5) is 83.7. The van der Waals surface area contributed by atoms with Crippen LogP contribution in [-0.2, 0) is 54.5 Å². The van der Waals surface area contributed by atoms with Gasteiger partial charge in [0.1, 0.15) is 60.8 Å². The summed E-state index contributed by atoms with van der Waals surface area (Å²) in [6, 6.07) is 24.9. The molecule has 4 aromatic rings. The van der Waals surface area contributed by atoms with Gasteiger partial charge in [-0.05, 0) is 46.9 Å².